The minimum absolute atomic E-state index is 0.0739. The summed E-state index contributed by atoms with van der Waals surface area (Å²) in [6, 6.07) is 5.43. The molecule has 134 valence electrons. The molecular weight excluding hydrogens is 354 g/mol. The number of allylic oxidation sites excluding steroid dienone is 1. The number of hydrogen-bond acceptors (Lipinski definition) is 4. The Morgan fingerprint density at radius 1 is 1.27 bits per heavy atom. The van der Waals surface area contributed by atoms with E-state index in [0.717, 1.165) is 12.8 Å². The Morgan fingerprint density at radius 3 is 2.54 bits per heavy atom. The second kappa shape index (κ2) is 7.66. The quantitative estimate of drug-likeness (QED) is 0.786. The number of aliphatic carboxylic acids is 1. The van der Waals surface area contributed by atoms with E-state index >= 15 is 0 Å². The summed E-state index contributed by atoms with van der Waals surface area (Å²) >= 11 is 6.22. The summed E-state index contributed by atoms with van der Waals surface area (Å²) in [5.74, 6) is -0.977. The highest BCUT2D eigenvalue weighted by Gasteiger charge is 2.40. The number of halogens is 1. The lowest BCUT2D eigenvalue weighted by molar-refractivity contribution is -0.149. The molecule has 26 heavy (non-hydrogen) atoms. The van der Waals surface area contributed by atoms with Crippen LogP contribution in [0.4, 0.5) is 0 Å². The van der Waals surface area contributed by atoms with Crippen LogP contribution in [0.2, 0.25) is 5.02 Å². The Labute approximate surface area is 156 Å². The SMILES string of the molecule is C/C=C\C(=O)N(C1CC1)C(C(=O)O)c1cc(Cl)cc(-c2ncccn2)c1. The topological polar surface area (TPSA) is 83.4 Å². The van der Waals surface area contributed by atoms with Gasteiger partial charge in [0, 0.05) is 29.0 Å². The predicted molar refractivity (Wildman–Crippen MR) is 97.5 cm³/mol. The van der Waals surface area contributed by atoms with Crippen LogP contribution in [0, 0.1) is 0 Å². The van der Waals surface area contributed by atoms with Crippen molar-refractivity contribution < 1.29 is 14.7 Å². The van der Waals surface area contributed by atoms with Crippen molar-refractivity contribution in [1.29, 1.82) is 0 Å². The average molecular weight is 372 g/mol. The van der Waals surface area contributed by atoms with Gasteiger partial charge in [-0.05, 0) is 55.7 Å². The van der Waals surface area contributed by atoms with Crippen molar-refractivity contribution in [3.05, 3.63) is 59.4 Å². The lowest BCUT2D eigenvalue weighted by atomic mass is 10.0. The van der Waals surface area contributed by atoms with E-state index in [-0.39, 0.29) is 11.9 Å². The Balaban J connectivity index is 2.07. The van der Waals surface area contributed by atoms with Crippen LogP contribution in [0.5, 0.6) is 0 Å². The van der Waals surface area contributed by atoms with Gasteiger partial charge in [0.1, 0.15) is 0 Å². The van der Waals surface area contributed by atoms with Crippen LogP contribution in [0.15, 0.2) is 48.8 Å². The highest BCUT2D eigenvalue weighted by atomic mass is 35.5. The van der Waals surface area contributed by atoms with Crippen molar-refractivity contribution in [1.82, 2.24) is 14.9 Å². The van der Waals surface area contributed by atoms with Gasteiger partial charge in [0.2, 0.25) is 5.91 Å². The largest absolute Gasteiger partial charge is 0.479 e. The molecule has 7 heteroatoms. The van der Waals surface area contributed by atoms with Gasteiger partial charge in [0.25, 0.3) is 0 Å². The van der Waals surface area contributed by atoms with Gasteiger partial charge >= 0.3 is 5.97 Å². The molecule has 0 aliphatic heterocycles. The third-order valence-electron chi connectivity index (χ3n) is 4.08. The molecule has 0 radical (unpaired) electrons. The number of nitrogens with zero attached hydrogens (tertiary/aromatic N) is 3. The first-order valence-corrected chi connectivity index (χ1v) is 8.64. The molecule has 3 rings (SSSR count). The molecule has 2 aromatic rings. The van der Waals surface area contributed by atoms with Gasteiger partial charge in [0.05, 0.1) is 0 Å². The van der Waals surface area contributed by atoms with Crippen molar-refractivity contribution in [2.75, 3.05) is 0 Å². The molecule has 1 unspecified atom stereocenters. The molecule has 1 N–H and O–H groups in total. The number of amides is 1. The number of benzene rings is 1. The Morgan fingerprint density at radius 2 is 1.96 bits per heavy atom. The van der Waals surface area contributed by atoms with E-state index in [1.54, 1.807) is 49.7 Å². The normalized spacial score (nSPS) is 15.0. The van der Waals surface area contributed by atoms with Crippen molar-refractivity contribution in [2.45, 2.75) is 31.8 Å². The van der Waals surface area contributed by atoms with Crippen LogP contribution in [0.3, 0.4) is 0 Å². The molecule has 1 aromatic heterocycles. The predicted octanol–water partition coefficient (Wildman–Crippen LogP) is 3.49. The maximum Gasteiger partial charge on any atom is 0.331 e. The lowest BCUT2D eigenvalue weighted by Gasteiger charge is -2.29. The second-order valence-electron chi connectivity index (χ2n) is 6.06. The van der Waals surface area contributed by atoms with Gasteiger partial charge in [-0.1, -0.05) is 17.7 Å². The maximum atomic E-state index is 12.5. The van der Waals surface area contributed by atoms with Crippen LogP contribution < -0.4 is 0 Å². The van der Waals surface area contributed by atoms with Crippen molar-refractivity contribution in [3.63, 3.8) is 0 Å². The summed E-state index contributed by atoms with van der Waals surface area (Å²) in [6.07, 6.45) is 7.79. The van der Waals surface area contributed by atoms with Gasteiger partial charge in [-0.2, -0.15) is 0 Å². The summed E-state index contributed by atoms with van der Waals surface area (Å²) in [5, 5.41) is 10.2. The molecule has 1 aromatic carbocycles. The number of carboxylic acids is 1. The zero-order valence-corrected chi connectivity index (χ0v) is 14.9. The molecule has 1 atom stereocenters. The molecule has 1 aliphatic rings. The number of carboxylic acid groups (broad SMARTS) is 1. The van der Waals surface area contributed by atoms with E-state index in [2.05, 4.69) is 9.97 Å². The summed E-state index contributed by atoms with van der Waals surface area (Å²) in [6.45, 7) is 1.73. The van der Waals surface area contributed by atoms with Crippen LogP contribution in [-0.2, 0) is 9.59 Å². The Kier molecular flexibility index (Phi) is 5.32. The molecule has 0 bridgehead atoms. The number of hydrogen-bond donors (Lipinski definition) is 1. The summed E-state index contributed by atoms with van der Waals surface area (Å²) in [5.41, 5.74) is 1.03. The zero-order chi connectivity index (χ0) is 18.7. The molecule has 1 amide bonds. The smallest absolute Gasteiger partial charge is 0.331 e. The standard InChI is InChI=1S/C19H18ClN3O3/c1-2-4-16(24)23(15-5-6-15)17(19(25)26)12-9-13(11-14(20)10-12)18-21-7-3-8-22-18/h2-4,7-11,15,17H,5-6H2,1H3,(H,25,26)/b4-2-. The van der Waals surface area contributed by atoms with E-state index < -0.39 is 12.0 Å². The van der Waals surface area contributed by atoms with E-state index in [0.29, 0.717) is 22.0 Å². The molecule has 1 fully saturated rings. The average Bonchev–Trinajstić information content (AvgIpc) is 3.44. The van der Waals surface area contributed by atoms with Gasteiger partial charge in [-0.25, -0.2) is 14.8 Å². The maximum absolute atomic E-state index is 12.5. The summed E-state index contributed by atoms with van der Waals surface area (Å²) in [4.78, 5) is 34.3. The van der Waals surface area contributed by atoms with Crippen molar-refractivity contribution in [2.24, 2.45) is 0 Å². The van der Waals surface area contributed by atoms with E-state index in [1.165, 1.54) is 11.0 Å². The Hall–Kier alpha value is -2.73. The molecular formula is C19H18ClN3O3. The van der Waals surface area contributed by atoms with Gasteiger partial charge in [-0.15, -0.1) is 0 Å². The fourth-order valence-corrected chi connectivity index (χ4v) is 3.11. The number of rotatable bonds is 6. The fraction of sp³-hybridized carbons (Fsp3) is 0.263. The van der Waals surface area contributed by atoms with Crippen LogP contribution >= 0.6 is 11.6 Å². The molecule has 1 saturated carbocycles. The van der Waals surface area contributed by atoms with Crippen LogP contribution in [0.25, 0.3) is 11.4 Å². The minimum atomic E-state index is -1.12. The molecule has 0 saturated heterocycles. The van der Waals surface area contributed by atoms with Crippen molar-refractivity contribution >= 4 is 23.5 Å². The van der Waals surface area contributed by atoms with E-state index in [1.807, 2.05) is 0 Å². The van der Waals surface area contributed by atoms with Crippen LogP contribution in [-0.4, -0.2) is 37.9 Å². The van der Waals surface area contributed by atoms with Gasteiger partial charge < -0.3 is 10.0 Å². The lowest BCUT2D eigenvalue weighted by Crippen LogP contribution is -2.39. The zero-order valence-electron chi connectivity index (χ0n) is 14.2. The number of carbonyl (C=O) groups excluding carboxylic acids is 1. The number of carbonyl (C=O) groups is 2. The molecule has 0 spiro atoms. The summed E-state index contributed by atoms with van der Waals surface area (Å²) < 4.78 is 0. The highest BCUT2D eigenvalue weighted by Crippen LogP contribution is 2.37. The first kappa shape index (κ1) is 18.1. The van der Waals surface area contributed by atoms with E-state index in [9.17, 15) is 14.7 Å². The highest BCUT2D eigenvalue weighted by molar-refractivity contribution is 6.31. The van der Waals surface area contributed by atoms with E-state index in [4.69, 9.17) is 11.6 Å². The first-order chi connectivity index (χ1) is 12.5. The molecule has 6 nitrogen and oxygen atoms in total. The monoisotopic (exact) mass is 371 g/mol. The molecule has 1 aliphatic carbocycles. The minimum Gasteiger partial charge on any atom is -0.479 e. The molecule has 1 heterocycles. The second-order valence-corrected chi connectivity index (χ2v) is 6.50. The van der Waals surface area contributed by atoms with Crippen molar-refractivity contribution in [3.8, 4) is 11.4 Å². The third kappa shape index (κ3) is 3.91. The van der Waals surface area contributed by atoms with Gasteiger partial charge in [-0.3, -0.25) is 4.79 Å². The number of aromatic nitrogens is 2. The van der Waals surface area contributed by atoms with Gasteiger partial charge in [0.15, 0.2) is 11.9 Å². The fourth-order valence-electron chi connectivity index (χ4n) is 2.87. The Bertz CT molecular complexity index is 850. The first-order valence-electron chi connectivity index (χ1n) is 8.27. The summed E-state index contributed by atoms with van der Waals surface area (Å²) in [7, 11) is 0. The third-order valence-corrected chi connectivity index (χ3v) is 4.29. The van der Waals surface area contributed by atoms with Crippen LogP contribution in [0.1, 0.15) is 31.4 Å².